The van der Waals surface area contributed by atoms with Crippen molar-refractivity contribution in [1.82, 2.24) is 19.5 Å². The molecule has 1 fully saturated rings. The van der Waals surface area contributed by atoms with Crippen molar-refractivity contribution < 1.29 is 13.9 Å². The molecule has 3 rings (SSSR count). The van der Waals surface area contributed by atoms with Crippen LogP contribution in [0.2, 0.25) is 0 Å². The van der Waals surface area contributed by atoms with Crippen molar-refractivity contribution in [2.75, 3.05) is 12.3 Å². The van der Waals surface area contributed by atoms with Gasteiger partial charge in [-0.1, -0.05) is 0 Å². The highest BCUT2D eigenvalue weighted by molar-refractivity contribution is 5.81. The van der Waals surface area contributed by atoms with Gasteiger partial charge in [0.15, 0.2) is 11.5 Å². The number of imidazole rings is 1. The smallest absolute Gasteiger partial charge is 0.269 e. The van der Waals surface area contributed by atoms with Crippen LogP contribution in [0.1, 0.15) is 12.5 Å². The largest absolute Gasteiger partial charge is 0.396 e. The fraction of sp³-hybridized carbons (Fsp3) is 0.500. The molecule has 96 valence electrons. The van der Waals surface area contributed by atoms with E-state index in [-0.39, 0.29) is 24.5 Å². The first-order chi connectivity index (χ1) is 8.54. The maximum Gasteiger partial charge on any atom is 0.269 e. The summed E-state index contributed by atoms with van der Waals surface area (Å²) in [5.41, 5.74) is 6.17. The molecule has 0 amide bonds. The first-order valence-electron chi connectivity index (χ1n) is 5.46. The lowest BCUT2D eigenvalue weighted by Crippen LogP contribution is -2.49. The van der Waals surface area contributed by atoms with Crippen molar-refractivity contribution in [2.45, 2.75) is 18.4 Å². The summed E-state index contributed by atoms with van der Waals surface area (Å²) in [7, 11) is 0. The number of rotatable bonds is 2. The number of nitrogen functional groups attached to an aromatic ring is 1. The highest BCUT2D eigenvalue weighted by atomic mass is 19.3. The Morgan fingerprint density at radius 3 is 2.89 bits per heavy atom. The standard InChI is InChI=1S/C10H11F2N5O/c11-10(12)1-5(2-18)7(10)17-4-16-6-8(13)14-3-15-9(6)17/h3-5,7,18H,1-2H2,(H2,13,14,15)/t5?,7-/m0/s1. The second-order valence-electron chi connectivity index (χ2n) is 4.44. The maximum absolute atomic E-state index is 13.6. The van der Waals surface area contributed by atoms with Gasteiger partial charge in [-0.2, -0.15) is 0 Å². The molecule has 2 atom stereocenters. The van der Waals surface area contributed by atoms with E-state index in [9.17, 15) is 8.78 Å². The number of alkyl halides is 2. The van der Waals surface area contributed by atoms with Gasteiger partial charge in [0.2, 0.25) is 0 Å². The van der Waals surface area contributed by atoms with Gasteiger partial charge in [0, 0.05) is 18.9 Å². The second-order valence-corrected chi connectivity index (χ2v) is 4.44. The molecule has 2 aromatic heterocycles. The molecule has 6 nitrogen and oxygen atoms in total. The van der Waals surface area contributed by atoms with Gasteiger partial charge in [-0.25, -0.2) is 23.7 Å². The summed E-state index contributed by atoms with van der Waals surface area (Å²) in [4.78, 5) is 11.6. The minimum atomic E-state index is -2.86. The molecular weight excluding hydrogens is 244 g/mol. The molecule has 2 heterocycles. The quantitative estimate of drug-likeness (QED) is 0.820. The summed E-state index contributed by atoms with van der Waals surface area (Å²) in [5, 5.41) is 9.09. The minimum absolute atomic E-state index is 0.155. The molecule has 0 aliphatic heterocycles. The Hall–Kier alpha value is -1.83. The maximum atomic E-state index is 13.6. The molecule has 1 saturated carbocycles. The molecule has 1 aliphatic carbocycles. The number of hydrogen-bond acceptors (Lipinski definition) is 5. The van der Waals surface area contributed by atoms with E-state index in [0.717, 1.165) is 0 Å². The number of nitrogens with two attached hydrogens (primary N) is 1. The Balaban J connectivity index is 2.12. The fourth-order valence-electron chi connectivity index (χ4n) is 2.43. The lowest BCUT2D eigenvalue weighted by molar-refractivity contribution is -0.171. The van der Waals surface area contributed by atoms with Crippen LogP contribution in [0.25, 0.3) is 11.2 Å². The monoisotopic (exact) mass is 255 g/mol. The Morgan fingerprint density at radius 1 is 1.44 bits per heavy atom. The van der Waals surface area contributed by atoms with Crippen LogP contribution in [0.3, 0.4) is 0 Å². The van der Waals surface area contributed by atoms with E-state index in [2.05, 4.69) is 15.0 Å². The first-order valence-corrected chi connectivity index (χ1v) is 5.46. The molecular formula is C10H11F2N5O. The number of nitrogens with zero attached hydrogens (tertiary/aromatic N) is 4. The number of fused-ring (bicyclic) bond motifs is 1. The van der Waals surface area contributed by atoms with Crippen LogP contribution in [0, 0.1) is 5.92 Å². The lowest BCUT2D eigenvalue weighted by atomic mass is 9.76. The summed E-state index contributed by atoms with van der Waals surface area (Å²) in [6, 6.07) is -1.12. The van der Waals surface area contributed by atoms with Crippen molar-refractivity contribution >= 4 is 17.0 Å². The Labute approximate surface area is 100 Å². The number of aliphatic hydroxyl groups excluding tert-OH is 1. The van der Waals surface area contributed by atoms with Gasteiger partial charge < -0.3 is 15.4 Å². The molecule has 3 N–H and O–H groups in total. The van der Waals surface area contributed by atoms with Crippen LogP contribution in [0.15, 0.2) is 12.7 Å². The van der Waals surface area contributed by atoms with Gasteiger partial charge in [-0.05, 0) is 0 Å². The fourth-order valence-corrected chi connectivity index (χ4v) is 2.43. The zero-order valence-corrected chi connectivity index (χ0v) is 9.29. The van der Waals surface area contributed by atoms with E-state index in [1.54, 1.807) is 0 Å². The third-order valence-corrected chi connectivity index (χ3v) is 3.33. The zero-order valence-electron chi connectivity index (χ0n) is 9.29. The van der Waals surface area contributed by atoms with Crippen molar-refractivity contribution in [3.05, 3.63) is 12.7 Å². The summed E-state index contributed by atoms with van der Waals surface area (Å²) >= 11 is 0. The Kier molecular flexibility index (Phi) is 2.24. The first kappa shape index (κ1) is 11.3. The van der Waals surface area contributed by atoms with Crippen molar-refractivity contribution in [2.24, 2.45) is 5.92 Å². The van der Waals surface area contributed by atoms with Gasteiger partial charge in [0.05, 0.1) is 6.33 Å². The summed E-state index contributed by atoms with van der Waals surface area (Å²) in [5.74, 6) is -3.20. The Bertz CT molecular complexity index is 599. The molecule has 0 bridgehead atoms. The van der Waals surface area contributed by atoms with Crippen LogP contribution >= 0.6 is 0 Å². The van der Waals surface area contributed by atoms with Crippen LogP contribution in [0.4, 0.5) is 14.6 Å². The zero-order chi connectivity index (χ0) is 12.9. The topological polar surface area (TPSA) is 89.9 Å². The van der Waals surface area contributed by atoms with E-state index in [0.29, 0.717) is 5.52 Å². The van der Waals surface area contributed by atoms with E-state index >= 15 is 0 Å². The summed E-state index contributed by atoms with van der Waals surface area (Å²) in [6.45, 7) is -0.291. The molecule has 0 radical (unpaired) electrons. The van der Waals surface area contributed by atoms with E-state index < -0.39 is 17.9 Å². The molecule has 0 spiro atoms. The molecule has 0 aromatic carbocycles. The van der Waals surface area contributed by atoms with Gasteiger partial charge >= 0.3 is 0 Å². The molecule has 18 heavy (non-hydrogen) atoms. The summed E-state index contributed by atoms with van der Waals surface area (Å²) < 4.78 is 28.5. The van der Waals surface area contributed by atoms with E-state index in [1.807, 2.05) is 0 Å². The number of hydrogen-bond donors (Lipinski definition) is 2. The normalized spacial score (nSPS) is 26.2. The summed E-state index contributed by atoms with van der Waals surface area (Å²) in [6.07, 6.45) is 2.16. The minimum Gasteiger partial charge on any atom is -0.396 e. The molecule has 1 unspecified atom stereocenters. The highest BCUT2D eigenvalue weighted by Crippen LogP contribution is 2.51. The number of halogens is 2. The predicted molar refractivity (Wildman–Crippen MR) is 58.9 cm³/mol. The molecule has 8 heteroatoms. The Morgan fingerprint density at radius 2 is 2.22 bits per heavy atom. The molecule has 1 aliphatic rings. The van der Waals surface area contributed by atoms with Crippen LogP contribution in [-0.4, -0.2) is 37.2 Å². The van der Waals surface area contributed by atoms with Gasteiger partial charge in [-0.15, -0.1) is 0 Å². The molecule has 0 saturated heterocycles. The van der Waals surface area contributed by atoms with Crippen LogP contribution in [0.5, 0.6) is 0 Å². The van der Waals surface area contributed by atoms with Crippen molar-refractivity contribution in [3.8, 4) is 0 Å². The van der Waals surface area contributed by atoms with Crippen molar-refractivity contribution in [1.29, 1.82) is 0 Å². The average molecular weight is 255 g/mol. The number of aliphatic hydroxyl groups is 1. The average Bonchev–Trinajstić information content (AvgIpc) is 2.72. The van der Waals surface area contributed by atoms with E-state index in [4.69, 9.17) is 10.8 Å². The van der Waals surface area contributed by atoms with Gasteiger partial charge in [0.1, 0.15) is 17.9 Å². The van der Waals surface area contributed by atoms with Crippen LogP contribution in [-0.2, 0) is 0 Å². The van der Waals surface area contributed by atoms with Crippen molar-refractivity contribution in [3.63, 3.8) is 0 Å². The van der Waals surface area contributed by atoms with Crippen LogP contribution < -0.4 is 5.73 Å². The number of anilines is 1. The number of aromatic nitrogens is 4. The van der Waals surface area contributed by atoms with E-state index in [1.165, 1.54) is 17.2 Å². The SMILES string of the molecule is Nc1ncnc2c1ncn2[C@H]1C(CO)CC1(F)F. The highest BCUT2D eigenvalue weighted by Gasteiger charge is 2.57. The third-order valence-electron chi connectivity index (χ3n) is 3.33. The predicted octanol–water partition coefficient (Wildman–Crippen LogP) is 0.597. The second kappa shape index (κ2) is 3.58. The lowest BCUT2D eigenvalue weighted by Gasteiger charge is -2.44. The third kappa shape index (κ3) is 1.38. The van der Waals surface area contributed by atoms with Gasteiger partial charge in [-0.3, -0.25) is 0 Å². The molecule has 2 aromatic rings. The van der Waals surface area contributed by atoms with Gasteiger partial charge in [0.25, 0.3) is 5.92 Å².